The van der Waals surface area contributed by atoms with Crippen molar-refractivity contribution >= 4 is 29.7 Å². The van der Waals surface area contributed by atoms with Crippen LogP contribution in [0.25, 0.3) is 0 Å². The number of rotatable bonds is 9. The van der Waals surface area contributed by atoms with Gasteiger partial charge in [0.25, 0.3) is 0 Å². The first-order chi connectivity index (χ1) is 10.0. The van der Waals surface area contributed by atoms with Gasteiger partial charge in [-0.05, 0) is 6.92 Å². The molecule has 0 radical (unpaired) electrons. The molecule has 0 aromatic carbocycles. The molecule has 0 aliphatic heterocycles. The monoisotopic (exact) mass is 318 g/mol. The van der Waals surface area contributed by atoms with Crippen LogP contribution in [0.15, 0.2) is 0 Å². The Balaban J connectivity index is 4.58. The molecule has 0 saturated carbocycles. The Bertz CT molecular complexity index is 479. The maximum absolute atomic E-state index is 11.7. The summed E-state index contributed by atoms with van der Waals surface area (Å²) >= 11 is 0. The molecule has 3 amide bonds. The molecule has 0 unspecified atom stereocenters. The van der Waals surface area contributed by atoms with Crippen LogP contribution in [0, 0.1) is 0 Å². The number of primary amides is 1. The minimum Gasteiger partial charge on any atom is -0.481 e. The molecule has 3 atom stereocenters. The lowest BCUT2D eigenvalue weighted by Gasteiger charge is -2.19. The molecule has 0 aromatic rings. The van der Waals surface area contributed by atoms with Crippen LogP contribution in [0.3, 0.4) is 0 Å². The standard InChI is InChI=1S/C11H18N4O7/c1-4(14-10(20)5(12)2-7(13)16)9(19)15-6(11(21)22)3-8(17)18/h4-6H,2-3,12H2,1H3,(H2,13,16)(H,14,20)(H,15,19)(H,17,18)(H,21,22)/t4-,5-,6-/m0/s1. The van der Waals surface area contributed by atoms with Crippen LogP contribution in [0.5, 0.6) is 0 Å². The van der Waals surface area contributed by atoms with Crippen molar-refractivity contribution in [1.82, 2.24) is 10.6 Å². The maximum atomic E-state index is 11.7. The molecule has 11 heteroatoms. The first-order valence-corrected chi connectivity index (χ1v) is 6.13. The molecule has 22 heavy (non-hydrogen) atoms. The lowest BCUT2D eigenvalue weighted by Crippen LogP contribution is -2.54. The van der Waals surface area contributed by atoms with Crippen molar-refractivity contribution in [2.45, 2.75) is 37.9 Å². The van der Waals surface area contributed by atoms with Crippen LogP contribution in [0.2, 0.25) is 0 Å². The summed E-state index contributed by atoms with van der Waals surface area (Å²) in [6.07, 6.45) is -1.24. The van der Waals surface area contributed by atoms with Crippen LogP contribution >= 0.6 is 0 Å². The molecule has 0 heterocycles. The molecule has 0 fully saturated rings. The fraction of sp³-hybridized carbons (Fsp3) is 0.545. The molecule has 124 valence electrons. The van der Waals surface area contributed by atoms with E-state index in [9.17, 15) is 24.0 Å². The predicted molar refractivity (Wildman–Crippen MR) is 71.2 cm³/mol. The van der Waals surface area contributed by atoms with Gasteiger partial charge in [0.2, 0.25) is 17.7 Å². The Labute approximate surface area is 125 Å². The van der Waals surface area contributed by atoms with Crippen LogP contribution in [0.1, 0.15) is 19.8 Å². The second kappa shape index (κ2) is 8.56. The fourth-order valence-corrected chi connectivity index (χ4v) is 1.37. The van der Waals surface area contributed by atoms with E-state index in [0.29, 0.717) is 0 Å². The third kappa shape index (κ3) is 7.19. The van der Waals surface area contributed by atoms with E-state index in [-0.39, 0.29) is 0 Å². The van der Waals surface area contributed by atoms with Crippen LogP contribution in [-0.2, 0) is 24.0 Å². The molecule has 0 spiro atoms. The molecule has 11 nitrogen and oxygen atoms in total. The van der Waals surface area contributed by atoms with E-state index in [2.05, 4.69) is 5.32 Å². The number of carboxylic acids is 2. The smallest absolute Gasteiger partial charge is 0.326 e. The van der Waals surface area contributed by atoms with E-state index >= 15 is 0 Å². The van der Waals surface area contributed by atoms with E-state index in [1.54, 1.807) is 0 Å². The van der Waals surface area contributed by atoms with E-state index in [1.165, 1.54) is 6.92 Å². The van der Waals surface area contributed by atoms with Gasteiger partial charge in [0.15, 0.2) is 0 Å². The molecule has 0 saturated heterocycles. The molecule has 0 aliphatic rings. The largest absolute Gasteiger partial charge is 0.481 e. The van der Waals surface area contributed by atoms with Gasteiger partial charge in [0.05, 0.1) is 18.9 Å². The highest BCUT2D eigenvalue weighted by molar-refractivity contribution is 5.93. The number of carboxylic acid groups (broad SMARTS) is 2. The Morgan fingerprint density at radius 3 is 1.95 bits per heavy atom. The van der Waals surface area contributed by atoms with E-state index in [4.69, 9.17) is 21.7 Å². The van der Waals surface area contributed by atoms with Crippen molar-refractivity contribution in [1.29, 1.82) is 0 Å². The van der Waals surface area contributed by atoms with Gasteiger partial charge in [-0.1, -0.05) is 0 Å². The topological polar surface area (TPSA) is 202 Å². The minimum atomic E-state index is -1.64. The third-order valence-electron chi connectivity index (χ3n) is 2.50. The van der Waals surface area contributed by atoms with Gasteiger partial charge >= 0.3 is 11.9 Å². The zero-order valence-corrected chi connectivity index (χ0v) is 11.7. The molecular formula is C11H18N4O7. The summed E-state index contributed by atoms with van der Waals surface area (Å²) < 4.78 is 0. The summed E-state index contributed by atoms with van der Waals surface area (Å²) in [7, 11) is 0. The Morgan fingerprint density at radius 2 is 1.55 bits per heavy atom. The first-order valence-electron chi connectivity index (χ1n) is 6.13. The van der Waals surface area contributed by atoms with E-state index in [0.717, 1.165) is 0 Å². The lowest BCUT2D eigenvalue weighted by atomic mass is 10.1. The zero-order valence-electron chi connectivity index (χ0n) is 11.7. The summed E-state index contributed by atoms with van der Waals surface area (Å²) in [4.78, 5) is 55.2. The Hall–Kier alpha value is -2.69. The summed E-state index contributed by atoms with van der Waals surface area (Å²) in [5, 5.41) is 21.5. The van der Waals surface area contributed by atoms with Gasteiger partial charge in [-0.2, -0.15) is 0 Å². The van der Waals surface area contributed by atoms with Crippen LogP contribution in [-0.4, -0.2) is 58.0 Å². The van der Waals surface area contributed by atoms with Crippen LogP contribution in [0.4, 0.5) is 0 Å². The van der Waals surface area contributed by atoms with Crippen molar-refractivity contribution in [3.8, 4) is 0 Å². The van der Waals surface area contributed by atoms with Gasteiger partial charge in [0.1, 0.15) is 12.1 Å². The number of nitrogens with one attached hydrogen (secondary N) is 2. The van der Waals surface area contributed by atoms with Crippen molar-refractivity contribution in [2.75, 3.05) is 0 Å². The molecule has 0 rings (SSSR count). The van der Waals surface area contributed by atoms with Gasteiger partial charge in [0, 0.05) is 0 Å². The first kappa shape index (κ1) is 19.3. The molecule has 0 aliphatic carbocycles. The lowest BCUT2D eigenvalue weighted by molar-refractivity contribution is -0.147. The quantitative estimate of drug-likeness (QED) is 0.254. The summed E-state index contributed by atoms with van der Waals surface area (Å²) in [5.41, 5.74) is 10.2. The molecule has 8 N–H and O–H groups in total. The van der Waals surface area contributed by atoms with Gasteiger partial charge in [-0.25, -0.2) is 4.79 Å². The number of nitrogens with two attached hydrogens (primary N) is 2. The average Bonchev–Trinajstić information content (AvgIpc) is 2.35. The maximum Gasteiger partial charge on any atom is 0.326 e. The Kier molecular flexibility index (Phi) is 7.52. The summed E-state index contributed by atoms with van der Waals surface area (Å²) in [6, 6.07) is -4.06. The third-order valence-corrected chi connectivity index (χ3v) is 2.50. The predicted octanol–water partition coefficient (Wildman–Crippen LogP) is -3.26. The summed E-state index contributed by atoms with van der Waals surface area (Å²) in [5.74, 6) is -5.47. The fourth-order valence-electron chi connectivity index (χ4n) is 1.37. The number of amides is 3. The number of carbonyl (C=O) groups excluding carboxylic acids is 3. The number of hydrogen-bond donors (Lipinski definition) is 6. The second-order valence-electron chi connectivity index (χ2n) is 4.50. The van der Waals surface area contributed by atoms with E-state index in [1.807, 2.05) is 5.32 Å². The van der Waals surface area contributed by atoms with Gasteiger partial charge in [-0.15, -0.1) is 0 Å². The number of aliphatic carboxylic acids is 2. The summed E-state index contributed by atoms with van der Waals surface area (Å²) in [6.45, 7) is 1.24. The van der Waals surface area contributed by atoms with Gasteiger partial charge in [-0.3, -0.25) is 19.2 Å². The van der Waals surface area contributed by atoms with Crippen LogP contribution < -0.4 is 22.1 Å². The van der Waals surface area contributed by atoms with Crippen molar-refractivity contribution in [3.63, 3.8) is 0 Å². The average molecular weight is 318 g/mol. The number of hydrogen-bond acceptors (Lipinski definition) is 6. The van der Waals surface area contributed by atoms with E-state index < -0.39 is 60.6 Å². The SMILES string of the molecule is C[C@H](NC(=O)[C@@H](N)CC(N)=O)C(=O)N[C@@H](CC(=O)O)C(=O)O. The highest BCUT2D eigenvalue weighted by Gasteiger charge is 2.27. The van der Waals surface area contributed by atoms with Gasteiger partial charge < -0.3 is 32.3 Å². The number of carbonyl (C=O) groups is 5. The molecule has 0 bridgehead atoms. The molecular weight excluding hydrogens is 300 g/mol. The minimum absolute atomic E-state index is 0.420. The highest BCUT2D eigenvalue weighted by atomic mass is 16.4. The zero-order chi connectivity index (χ0) is 17.4. The highest BCUT2D eigenvalue weighted by Crippen LogP contribution is 1.96. The normalized spacial score (nSPS) is 14.3. The van der Waals surface area contributed by atoms with Crippen molar-refractivity contribution < 1.29 is 34.2 Å². The second-order valence-corrected chi connectivity index (χ2v) is 4.50. The van der Waals surface area contributed by atoms with Crippen molar-refractivity contribution in [2.24, 2.45) is 11.5 Å². The Morgan fingerprint density at radius 1 is 1.00 bits per heavy atom. The molecule has 0 aromatic heterocycles. The van der Waals surface area contributed by atoms with Crippen molar-refractivity contribution in [3.05, 3.63) is 0 Å².